The number of carbonyl (C=O) groups excluding carboxylic acids is 1. The summed E-state index contributed by atoms with van der Waals surface area (Å²) in [7, 11) is -3.86. The SMILES string of the molecule is CCCNC(=O)CS(=O)(=O)c1ccc(Br)c(C(=O)O)c1. The molecule has 0 atom stereocenters. The smallest absolute Gasteiger partial charge is 0.336 e. The van der Waals surface area contributed by atoms with E-state index in [4.69, 9.17) is 5.11 Å². The van der Waals surface area contributed by atoms with Crippen LogP contribution >= 0.6 is 15.9 Å². The monoisotopic (exact) mass is 363 g/mol. The molecule has 2 N–H and O–H groups in total. The third-order valence-corrected chi connectivity index (χ3v) is 4.73. The first-order chi connectivity index (χ1) is 9.27. The molecule has 0 aromatic heterocycles. The fourth-order valence-electron chi connectivity index (χ4n) is 1.43. The minimum Gasteiger partial charge on any atom is -0.478 e. The fourth-order valence-corrected chi connectivity index (χ4v) is 3.04. The summed E-state index contributed by atoms with van der Waals surface area (Å²) >= 11 is 3.03. The Hall–Kier alpha value is -1.41. The summed E-state index contributed by atoms with van der Waals surface area (Å²) in [6.07, 6.45) is 0.702. The molecule has 0 spiro atoms. The minimum atomic E-state index is -3.86. The molecule has 1 aromatic carbocycles. The second kappa shape index (κ2) is 6.85. The van der Waals surface area contributed by atoms with Gasteiger partial charge in [0.05, 0.1) is 10.5 Å². The van der Waals surface area contributed by atoms with Gasteiger partial charge < -0.3 is 10.4 Å². The van der Waals surface area contributed by atoms with E-state index in [1.54, 1.807) is 0 Å². The zero-order chi connectivity index (χ0) is 15.3. The summed E-state index contributed by atoms with van der Waals surface area (Å²) in [5, 5.41) is 11.4. The van der Waals surface area contributed by atoms with Crippen molar-refractivity contribution in [2.24, 2.45) is 0 Å². The van der Waals surface area contributed by atoms with Crippen LogP contribution in [0.25, 0.3) is 0 Å². The van der Waals surface area contributed by atoms with E-state index in [2.05, 4.69) is 21.2 Å². The topological polar surface area (TPSA) is 101 Å². The van der Waals surface area contributed by atoms with E-state index in [1.807, 2.05) is 6.92 Å². The van der Waals surface area contributed by atoms with Crippen LogP contribution in [0, 0.1) is 0 Å². The van der Waals surface area contributed by atoms with Gasteiger partial charge in [-0.3, -0.25) is 4.79 Å². The van der Waals surface area contributed by atoms with Crippen LogP contribution in [-0.4, -0.2) is 37.7 Å². The van der Waals surface area contributed by atoms with Crippen molar-refractivity contribution in [3.05, 3.63) is 28.2 Å². The number of nitrogens with one attached hydrogen (secondary N) is 1. The van der Waals surface area contributed by atoms with E-state index in [0.717, 1.165) is 6.07 Å². The van der Waals surface area contributed by atoms with Crippen molar-refractivity contribution in [1.29, 1.82) is 0 Å². The maximum atomic E-state index is 12.0. The Balaban J connectivity index is 3.01. The van der Waals surface area contributed by atoms with Crippen molar-refractivity contribution >= 4 is 37.6 Å². The molecule has 0 heterocycles. The van der Waals surface area contributed by atoms with E-state index >= 15 is 0 Å². The highest BCUT2D eigenvalue weighted by molar-refractivity contribution is 9.10. The average Bonchev–Trinajstić information content (AvgIpc) is 2.35. The van der Waals surface area contributed by atoms with Gasteiger partial charge in [0.2, 0.25) is 5.91 Å². The van der Waals surface area contributed by atoms with Crippen LogP contribution in [0.5, 0.6) is 0 Å². The highest BCUT2D eigenvalue weighted by Crippen LogP contribution is 2.21. The van der Waals surface area contributed by atoms with E-state index in [-0.39, 0.29) is 14.9 Å². The molecule has 1 rings (SSSR count). The summed E-state index contributed by atoms with van der Waals surface area (Å²) in [6.45, 7) is 2.25. The van der Waals surface area contributed by atoms with E-state index < -0.39 is 27.5 Å². The summed E-state index contributed by atoms with van der Waals surface area (Å²) in [5.41, 5.74) is -0.167. The van der Waals surface area contributed by atoms with Gasteiger partial charge in [0, 0.05) is 11.0 Å². The van der Waals surface area contributed by atoms with Crippen LogP contribution in [-0.2, 0) is 14.6 Å². The lowest BCUT2D eigenvalue weighted by molar-refractivity contribution is -0.118. The number of hydrogen-bond donors (Lipinski definition) is 2. The van der Waals surface area contributed by atoms with Crippen LogP contribution in [0.15, 0.2) is 27.6 Å². The number of carbonyl (C=O) groups is 2. The molecule has 20 heavy (non-hydrogen) atoms. The largest absolute Gasteiger partial charge is 0.478 e. The fraction of sp³-hybridized carbons (Fsp3) is 0.333. The summed E-state index contributed by atoms with van der Waals surface area (Å²) in [6, 6.07) is 3.63. The molecular weight excluding hydrogens is 350 g/mol. The van der Waals surface area contributed by atoms with Crippen LogP contribution in [0.4, 0.5) is 0 Å². The van der Waals surface area contributed by atoms with Crippen molar-refractivity contribution in [1.82, 2.24) is 5.32 Å². The van der Waals surface area contributed by atoms with E-state index in [9.17, 15) is 18.0 Å². The van der Waals surface area contributed by atoms with Crippen LogP contribution in [0.1, 0.15) is 23.7 Å². The standard InChI is InChI=1S/C12H14BrNO5S/c1-2-5-14-11(15)7-20(18,19)8-3-4-10(13)9(6-8)12(16)17/h3-4,6H,2,5,7H2,1H3,(H,14,15)(H,16,17). The molecule has 0 aliphatic heterocycles. The van der Waals surface area contributed by atoms with Gasteiger partial charge in [-0.1, -0.05) is 6.92 Å². The van der Waals surface area contributed by atoms with Gasteiger partial charge in [-0.2, -0.15) is 0 Å². The zero-order valence-corrected chi connectivity index (χ0v) is 13.1. The number of hydrogen-bond acceptors (Lipinski definition) is 4. The maximum absolute atomic E-state index is 12.0. The maximum Gasteiger partial charge on any atom is 0.336 e. The molecule has 0 bridgehead atoms. The predicted octanol–water partition coefficient (Wildman–Crippen LogP) is 1.45. The third kappa shape index (κ3) is 4.31. The Labute approximate surface area is 125 Å². The molecule has 1 aromatic rings. The van der Waals surface area contributed by atoms with Crippen molar-refractivity contribution in [2.45, 2.75) is 18.2 Å². The van der Waals surface area contributed by atoms with E-state index in [1.165, 1.54) is 12.1 Å². The lowest BCUT2D eigenvalue weighted by Crippen LogP contribution is -2.30. The Morgan fingerprint density at radius 2 is 2.00 bits per heavy atom. The second-order valence-corrected chi connectivity index (χ2v) is 6.90. The normalized spacial score (nSPS) is 11.1. The Bertz CT molecular complexity index is 627. The van der Waals surface area contributed by atoms with Gasteiger partial charge in [0.25, 0.3) is 0 Å². The third-order valence-electron chi connectivity index (χ3n) is 2.42. The second-order valence-electron chi connectivity index (χ2n) is 4.06. The molecule has 0 saturated heterocycles. The van der Waals surface area contributed by atoms with Gasteiger partial charge in [-0.15, -0.1) is 0 Å². The molecule has 8 heteroatoms. The lowest BCUT2D eigenvalue weighted by Gasteiger charge is -2.07. The number of sulfone groups is 1. The summed E-state index contributed by atoms with van der Waals surface area (Å²) in [5.74, 6) is -2.55. The van der Waals surface area contributed by atoms with Crippen molar-refractivity contribution in [3.8, 4) is 0 Å². The molecule has 0 fully saturated rings. The molecule has 0 unspecified atom stereocenters. The highest BCUT2D eigenvalue weighted by atomic mass is 79.9. The number of amides is 1. The lowest BCUT2D eigenvalue weighted by atomic mass is 10.2. The first-order valence-electron chi connectivity index (χ1n) is 5.80. The van der Waals surface area contributed by atoms with Crippen molar-refractivity contribution < 1.29 is 23.1 Å². The molecule has 1 amide bonds. The minimum absolute atomic E-state index is 0.167. The molecule has 0 aliphatic carbocycles. The molecule has 6 nitrogen and oxygen atoms in total. The number of benzene rings is 1. The predicted molar refractivity (Wildman–Crippen MR) is 76.5 cm³/mol. The van der Waals surface area contributed by atoms with Gasteiger partial charge in [-0.25, -0.2) is 13.2 Å². The zero-order valence-electron chi connectivity index (χ0n) is 10.7. The summed E-state index contributed by atoms with van der Waals surface area (Å²) in [4.78, 5) is 22.2. The number of aromatic carboxylic acids is 1. The van der Waals surface area contributed by atoms with Gasteiger partial charge in [0.1, 0.15) is 5.75 Å². The number of carboxylic acids is 1. The Morgan fingerprint density at radius 3 is 2.55 bits per heavy atom. The van der Waals surface area contributed by atoms with Crippen LogP contribution in [0.3, 0.4) is 0 Å². The number of carboxylic acid groups (broad SMARTS) is 1. The average molecular weight is 364 g/mol. The van der Waals surface area contributed by atoms with Crippen LogP contribution in [0.2, 0.25) is 0 Å². The molecule has 110 valence electrons. The molecule has 0 saturated carbocycles. The van der Waals surface area contributed by atoms with E-state index in [0.29, 0.717) is 13.0 Å². The van der Waals surface area contributed by atoms with Gasteiger partial charge in [-0.05, 0) is 40.5 Å². The molecule has 0 aliphatic rings. The number of halogens is 1. The van der Waals surface area contributed by atoms with Crippen molar-refractivity contribution in [3.63, 3.8) is 0 Å². The molecular formula is C12H14BrNO5S. The summed E-state index contributed by atoms with van der Waals surface area (Å²) < 4.78 is 24.3. The number of rotatable bonds is 6. The molecule has 0 radical (unpaired) electrons. The van der Waals surface area contributed by atoms with Gasteiger partial charge in [0.15, 0.2) is 9.84 Å². The highest BCUT2D eigenvalue weighted by Gasteiger charge is 2.21. The first kappa shape index (κ1) is 16.6. The van der Waals surface area contributed by atoms with Crippen LogP contribution < -0.4 is 5.32 Å². The quantitative estimate of drug-likeness (QED) is 0.796. The Morgan fingerprint density at radius 1 is 1.35 bits per heavy atom. The Kier molecular flexibility index (Phi) is 5.70. The van der Waals surface area contributed by atoms with Gasteiger partial charge >= 0.3 is 5.97 Å². The van der Waals surface area contributed by atoms with Crippen molar-refractivity contribution in [2.75, 3.05) is 12.3 Å². The first-order valence-corrected chi connectivity index (χ1v) is 8.24.